The summed E-state index contributed by atoms with van der Waals surface area (Å²) in [5, 5.41) is 0.291. The molecule has 2 aliphatic heterocycles. The number of hydrogen-bond acceptors (Lipinski definition) is 3. The van der Waals surface area contributed by atoms with Crippen molar-refractivity contribution in [2.45, 2.75) is 51.0 Å². The van der Waals surface area contributed by atoms with Crippen LogP contribution in [0.2, 0.25) is 5.02 Å². The van der Waals surface area contributed by atoms with Crippen LogP contribution in [0.15, 0.2) is 18.2 Å². The molecule has 30 heavy (non-hydrogen) atoms. The fraction of sp³-hybridized carbons (Fsp3) is 0.652. The maximum Gasteiger partial charge on any atom is 0.227 e. The lowest BCUT2D eigenvalue weighted by Crippen LogP contribution is -2.45. The summed E-state index contributed by atoms with van der Waals surface area (Å²) in [4.78, 5) is 31.5. The van der Waals surface area contributed by atoms with E-state index in [0.29, 0.717) is 35.5 Å². The average molecular weight is 438 g/mol. The summed E-state index contributed by atoms with van der Waals surface area (Å²) >= 11 is 6.07. The molecule has 5 nitrogen and oxygen atoms in total. The fourth-order valence-corrected chi connectivity index (χ4v) is 4.79. The van der Waals surface area contributed by atoms with Gasteiger partial charge in [0.05, 0.1) is 6.42 Å². The molecule has 0 spiro atoms. The molecule has 2 saturated heterocycles. The van der Waals surface area contributed by atoms with Crippen molar-refractivity contribution >= 4 is 23.4 Å². The summed E-state index contributed by atoms with van der Waals surface area (Å²) in [7, 11) is 4.06. The SMILES string of the molecule is CN1CCC(N(C)C(=O)CCC2CCCN(C(=O)Cc3ccc(F)cc3Cl)C2)CC1. The van der Waals surface area contributed by atoms with E-state index >= 15 is 0 Å². The maximum atomic E-state index is 13.2. The fourth-order valence-electron chi connectivity index (χ4n) is 4.56. The van der Waals surface area contributed by atoms with Gasteiger partial charge >= 0.3 is 0 Å². The van der Waals surface area contributed by atoms with E-state index in [1.807, 2.05) is 16.8 Å². The molecular formula is C23H33ClFN3O2. The third-order valence-corrected chi connectivity index (χ3v) is 6.98. The van der Waals surface area contributed by atoms with E-state index in [0.717, 1.165) is 51.7 Å². The van der Waals surface area contributed by atoms with Crippen LogP contribution in [0, 0.1) is 11.7 Å². The number of benzene rings is 1. The Bertz CT molecular complexity index is 752. The van der Waals surface area contributed by atoms with Gasteiger partial charge in [0.1, 0.15) is 5.82 Å². The Balaban J connectivity index is 1.46. The lowest BCUT2D eigenvalue weighted by atomic mass is 9.92. The Labute approximate surface area is 184 Å². The Kier molecular flexibility index (Phi) is 8.12. The molecular weight excluding hydrogens is 405 g/mol. The Morgan fingerprint density at radius 2 is 1.93 bits per heavy atom. The Morgan fingerprint density at radius 1 is 1.20 bits per heavy atom. The third kappa shape index (κ3) is 6.17. The number of carbonyl (C=O) groups is 2. The van der Waals surface area contributed by atoms with Gasteiger partial charge in [-0.25, -0.2) is 4.39 Å². The van der Waals surface area contributed by atoms with Gasteiger partial charge in [-0.2, -0.15) is 0 Å². The van der Waals surface area contributed by atoms with E-state index in [4.69, 9.17) is 11.6 Å². The highest BCUT2D eigenvalue weighted by molar-refractivity contribution is 6.31. The highest BCUT2D eigenvalue weighted by Gasteiger charge is 2.27. The van der Waals surface area contributed by atoms with Crippen molar-refractivity contribution in [1.82, 2.24) is 14.7 Å². The molecule has 1 aromatic rings. The second kappa shape index (κ2) is 10.6. The van der Waals surface area contributed by atoms with E-state index in [2.05, 4.69) is 11.9 Å². The van der Waals surface area contributed by atoms with Crippen LogP contribution in [-0.2, 0) is 16.0 Å². The lowest BCUT2D eigenvalue weighted by molar-refractivity contribution is -0.133. The molecule has 166 valence electrons. The molecule has 0 radical (unpaired) electrons. The molecule has 2 fully saturated rings. The Morgan fingerprint density at radius 3 is 2.63 bits per heavy atom. The van der Waals surface area contributed by atoms with Gasteiger partial charge in [-0.1, -0.05) is 17.7 Å². The summed E-state index contributed by atoms with van der Waals surface area (Å²) in [6.45, 7) is 3.50. The van der Waals surface area contributed by atoms with Crippen LogP contribution in [0.5, 0.6) is 0 Å². The van der Waals surface area contributed by atoms with Gasteiger partial charge in [-0.05, 0) is 75.9 Å². The molecule has 0 aliphatic carbocycles. The first-order chi connectivity index (χ1) is 14.3. The van der Waals surface area contributed by atoms with Crippen LogP contribution in [-0.4, -0.2) is 72.8 Å². The van der Waals surface area contributed by atoms with E-state index < -0.39 is 5.82 Å². The first kappa shape index (κ1) is 23.0. The molecule has 7 heteroatoms. The normalized spacial score (nSPS) is 20.9. The van der Waals surface area contributed by atoms with Gasteiger partial charge in [0.15, 0.2) is 0 Å². The maximum absolute atomic E-state index is 13.2. The molecule has 0 N–H and O–H groups in total. The van der Waals surface area contributed by atoms with Crippen molar-refractivity contribution in [3.63, 3.8) is 0 Å². The van der Waals surface area contributed by atoms with Crippen LogP contribution in [0.1, 0.15) is 44.1 Å². The smallest absolute Gasteiger partial charge is 0.227 e. The molecule has 2 amide bonds. The highest BCUT2D eigenvalue weighted by atomic mass is 35.5. The second-order valence-electron chi connectivity index (χ2n) is 8.84. The number of likely N-dealkylation sites (tertiary alicyclic amines) is 2. The number of amides is 2. The van der Waals surface area contributed by atoms with Crippen molar-refractivity contribution in [2.24, 2.45) is 5.92 Å². The summed E-state index contributed by atoms with van der Waals surface area (Å²) in [6.07, 6.45) is 5.62. The second-order valence-corrected chi connectivity index (χ2v) is 9.25. The largest absolute Gasteiger partial charge is 0.343 e. The van der Waals surface area contributed by atoms with E-state index in [1.165, 1.54) is 12.1 Å². The summed E-state index contributed by atoms with van der Waals surface area (Å²) < 4.78 is 13.2. The Hall–Kier alpha value is -1.66. The van der Waals surface area contributed by atoms with Crippen LogP contribution in [0.3, 0.4) is 0 Å². The molecule has 0 bridgehead atoms. The van der Waals surface area contributed by atoms with Gasteiger partial charge in [0.2, 0.25) is 11.8 Å². The number of halogens is 2. The van der Waals surface area contributed by atoms with Gasteiger partial charge < -0.3 is 14.7 Å². The van der Waals surface area contributed by atoms with Gasteiger partial charge in [-0.3, -0.25) is 9.59 Å². The van der Waals surface area contributed by atoms with E-state index in [1.54, 1.807) is 6.07 Å². The molecule has 1 unspecified atom stereocenters. The quantitative estimate of drug-likeness (QED) is 0.683. The van der Waals surface area contributed by atoms with Crippen molar-refractivity contribution in [3.8, 4) is 0 Å². The molecule has 1 atom stereocenters. The van der Waals surface area contributed by atoms with Crippen LogP contribution < -0.4 is 0 Å². The predicted molar refractivity (Wildman–Crippen MR) is 117 cm³/mol. The molecule has 1 aromatic carbocycles. The van der Waals surface area contributed by atoms with E-state index in [9.17, 15) is 14.0 Å². The van der Waals surface area contributed by atoms with Gasteiger partial charge in [0, 0.05) is 37.6 Å². The molecule has 0 aromatic heterocycles. The molecule has 0 saturated carbocycles. The molecule has 2 aliphatic rings. The van der Waals surface area contributed by atoms with Crippen molar-refractivity contribution in [2.75, 3.05) is 40.3 Å². The summed E-state index contributed by atoms with van der Waals surface area (Å²) in [5.41, 5.74) is 0.653. The topological polar surface area (TPSA) is 43.9 Å². The zero-order chi connectivity index (χ0) is 21.7. The lowest BCUT2D eigenvalue weighted by Gasteiger charge is -2.36. The minimum absolute atomic E-state index is 0.0166. The van der Waals surface area contributed by atoms with E-state index in [-0.39, 0.29) is 18.2 Å². The first-order valence-corrected chi connectivity index (χ1v) is 11.4. The number of rotatable bonds is 6. The van der Waals surface area contributed by atoms with Crippen molar-refractivity contribution < 1.29 is 14.0 Å². The van der Waals surface area contributed by atoms with Crippen LogP contribution in [0.25, 0.3) is 0 Å². The van der Waals surface area contributed by atoms with Crippen molar-refractivity contribution in [1.29, 1.82) is 0 Å². The van der Waals surface area contributed by atoms with Gasteiger partial charge in [0.25, 0.3) is 0 Å². The van der Waals surface area contributed by atoms with Crippen LogP contribution in [0.4, 0.5) is 4.39 Å². The predicted octanol–water partition coefficient (Wildman–Crippen LogP) is 3.59. The zero-order valence-corrected chi connectivity index (χ0v) is 18.8. The molecule has 3 rings (SSSR count). The number of hydrogen-bond donors (Lipinski definition) is 0. The summed E-state index contributed by atoms with van der Waals surface area (Å²) in [6, 6.07) is 4.50. The van der Waals surface area contributed by atoms with Crippen LogP contribution >= 0.6 is 11.6 Å². The number of carbonyl (C=O) groups excluding carboxylic acids is 2. The molecule has 2 heterocycles. The average Bonchev–Trinajstić information content (AvgIpc) is 2.74. The standard InChI is InChI=1S/C23H33ClFN3O2/c1-26-12-9-20(10-13-26)27(2)22(29)8-5-17-4-3-11-28(16-17)23(30)14-18-6-7-19(25)15-21(18)24/h6-7,15,17,20H,3-5,8-14,16H2,1-2H3. The zero-order valence-electron chi connectivity index (χ0n) is 18.1. The summed E-state index contributed by atoms with van der Waals surface area (Å²) in [5.74, 6) is 0.180. The van der Waals surface area contributed by atoms with Gasteiger partial charge in [-0.15, -0.1) is 0 Å². The minimum Gasteiger partial charge on any atom is -0.343 e. The number of nitrogens with zero attached hydrogens (tertiary/aromatic N) is 3. The number of piperidine rings is 2. The minimum atomic E-state index is -0.399. The monoisotopic (exact) mass is 437 g/mol. The highest BCUT2D eigenvalue weighted by Crippen LogP contribution is 2.24. The first-order valence-electron chi connectivity index (χ1n) is 11.0. The van der Waals surface area contributed by atoms with Crippen molar-refractivity contribution in [3.05, 3.63) is 34.6 Å². The third-order valence-electron chi connectivity index (χ3n) is 6.62.